The van der Waals surface area contributed by atoms with Crippen molar-refractivity contribution in [3.05, 3.63) is 23.4 Å². The fourth-order valence-corrected chi connectivity index (χ4v) is 38.2. The van der Waals surface area contributed by atoms with Gasteiger partial charge in [0.25, 0.3) is 0 Å². The zero-order chi connectivity index (χ0) is 9.56. The standard InChI is InChI=1S/2C4H7.2CH3.2Zn/c2*1-3-4-2;;;;/h1,4H2,2H3;3H,1-2,4H2;2*1H3;;. The minimum atomic E-state index is -1.12. The normalized spacial score (nSPS) is 9.25. The SMILES string of the molecule is C=CC[CH2][Zn]([CH3])[Zn]([CH3])[C](=C)CC. The average molecular weight is 271 g/mol. The van der Waals surface area contributed by atoms with Gasteiger partial charge in [-0.2, -0.15) is 0 Å². The van der Waals surface area contributed by atoms with Gasteiger partial charge in [-0.15, -0.1) is 0 Å². The van der Waals surface area contributed by atoms with Crippen molar-refractivity contribution in [1.82, 2.24) is 0 Å². The monoisotopic (exact) mass is 268 g/mol. The van der Waals surface area contributed by atoms with Crippen LogP contribution in [0.1, 0.15) is 19.8 Å². The van der Waals surface area contributed by atoms with E-state index in [1.165, 1.54) is 12.8 Å². The molecule has 64 valence electrons. The van der Waals surface area contributed by atoms with Crippen molar-refractivity contribution >= 4 is 0 Å². The van der Waals surface area contributed by atoms with Crippen LogP contribution < -0.4 is 0 Å². The van der Waals surface area contributed by atoms with Crippen LogP contribution in [0.2, 0.25) is 16.1 Å². The van der Waals surface area contributed by atoms with Crippen LogP contribution in [0.3, 0.4) is 0 Å². The number of hydrogen-bond acceptors (Lipinski definition) is 0. The number of rotatable bonds is 6. The molecule has 0 atom stereocenters. The second-order valence-corrected chi connectivity index (χ2v) is 53.3. The van der Waals surface area contributed by atoms with Crippen molar-refractivity contribution in [2.24, 2.45) is 0 Å². The topological polar surface area (TPSA) is 0 Å². The van der Waals surface area contributed by atoms with Gasteiger partial charge in [-0.05, 0) is 0 Å². The summed E-state index contributed by atoms with van der Waals surface area (Å²) in [6, 6.07) is 0. The Morgan fingerprint density at radius 3 is 2.42 bits per heavy atom. The summed E-state index contributed by atoms with van der Waals surface area (Å²) in [5, 5.41) is 1.54. The molecule has 0 radical (unpaired) electrons. The van der Waals surface area contributed by atoms with E-state index in [0.29, 0.717) is 0 Å². The predicted octanol–water partition coefficient (Wildman–Crippen LogP) is 4.15. The molecule has 0 heterocycles. The Bertz CT molecular complexity index is 152. The van der Waals surface area contributed by atoms with Crippen LogP contribution in [0.5, 0.6) is 0 Å². The molecule has 0 rings (SSSR count). The van der Waals surface area contributed by atoms with Crippen molar-refractivity contribution in [3.63, 3.8) is 0 Å². The Hall–Kier alpha value is 0.727. The molecule has 0 amide bonds. The van der Waals surface area contributed by atoms with Crippen molar-refractivity contribution in [2.75, 3.05) is 0 Å². The van der Waals surface area contributed by atoms with Gasteiger partial charge in [0, 0.05) is 0 Å². The van der Waals surface area contributed by atoms with E-state index in [1.807, 2.05) is 0 Å². The van der Waals surface area contributed by atoms with Crippen LogP contribution in [0, 0.1) is 0 Å². The summed E-state index contributed by atoms with van der Waals surface area (Å²) in [5.41, 5.74) is 5.18. The summed E-state index contributed by atoms with van der Waals surface area (Å²) in [5.74, 6) is 0. The van der Waals surface area contributed by atoms with Crippen LogP contribution in [-0.2, 0) is 26.9 Å². The van der Waals surface area contributed by atoms with Gasteiger partial charge in [-0.3, -0.25) is 0 Å². The van der Waals surface area contributed by atoms with Crippen LogP contribution in [0.4, 0.5) is 0 Å². The second-order valence-electron chi connectivity index (χ2n) is 4.49. The summed E-state index contributed by atoms with van der Waals surface area (Å²) in [4.78, 5) is 0. The van der Waals surface area contributed by atoms with E-state index >= 15 is 0 Å². The van der Waals surface area contributed by atoms with Gasteiger partial charge >= 0.3 is 86.1 Å². The molecule has 0 aromatic rings. The average Bonchev–Trinajstić information content (AvgIpc) is 2.11. The van der Waals surface area contributed by atoms with Crippen molar-refractivity contribution in [2.45, 2.75) is 35.8 Å². The third-order valence-corrected chi connectivity index (χ3v) is 58.1. The van der Waals surface area contributed by atoms with Gasteiger partial charge in [0.15, 0.2) is 0 Å². The zero-order valence-electron chi connectivity index (χ0n) is 9.03. The van der Waals surface area contributed by atoms with E-state index in [0.717, 1.165) is 0 Å². The van der Waals surface area contributed by atoms with E-state index in [-0.39, 0.29) is 0 Å². The van der Waals surface area contributed by atoms with Crippen molar-refractivity contribution in [3.8, 4) is 0 Å². The van der Waals surface area contributed by atoms with E-state index in [4.69, 9.17) is 0 Å². The maximum atomic E-state index is 4.22. The van der Waals surface area contributed by atoms with Gasteiger partial charge in [0.05, 0.1) is 0 Å². The molecule has 0 saturated heterocycles. The molecule has 0 saturated carbocycles. The molecule has 0 aliphatic rings. The summed E-state index contributed by atoms with van der Waals surface area (Å²) in [6.45, 7) is 10.3. The van der Waals surface area contributed by atoms with Crippen molar-refractivity contribution < 1.29 is 26.9 Å². The molecule has 0 fully saturated rings. The second kappa shape index (κ2) is 7.16. The Balaban J connectivity index is 3.82. The Morgan fingerprint density at radius 2 is 2.00 bits per heavy atom. The summed E-state index contributed by atoms with van der Waals surface area (Å²) >= 11 is -2.12. The number of hydrogen-bond donors (Lipinski definition) is 0. The molecular weight excluding hydrogens is 251 g/mol. The minimum absolute atomic E-state index is 1.00. The Labute approximate surface area is 85.7 Å². The molecule has 0 unspecified atom stereocenters. The van der Waals surface area contributed by atoms with E-state index in [9.17, 15) is 0 Å². The van der Waals surface area contributed by atoms with E-state index in [1.54, 1.807) is 9.18 Å². The molecule has 0 aliphatic carbocycles. The van der Waals surface area contributed by atoms with Gasteiger partial charge in [-0.1, -0.05) is 0 Å². The van der Waals surface area contributed by atoms with Crippen LogP contribution >= 0.6 is 0 Å². The molecule has 0 aliphatic heterocycles. The molecule has 0 spiro atoms. The Morgan fingerprint density at radius 1 is 1.42 bits per heavy atom. The molecular formula is C10H20Zn2. The van der Waals surface area contributed by atoms with Crippen LogP contribution in [0.25, 0.3) is 0 Å². The summed E-state index contributed by atoms with van der Waals surface area (Å²) < 4.78 is 1.68. The molecule has 2 heteroatoms. The van der Waals surface area contributed by atoms with Crippen molar-refractivity contribution in [1.29, 1.82) is 0 Å². The maximum absolute atomic E-state index is 4.22. The quantitative estimate of drug-likeness (QED) is 0.502. The van der Waals surface area contributed by atoms with Gasteiger partial charge in [0.1, 0.15) is 0 Å². The van der Waals surface area contributed by atoms with Gasteiger partial charge in [0.2, 0.25) is 0 Å². The first-order chi connectivity index (χ1) is 5.63. The van der Waals surface area contributed by atoms with Gasteiger partial charge in [-0.25, -0.2) is 0 Å². The van der Waals surface area contributed by atoms with E-state index in [2.05, 4.69) is 37.2 Å². The fourth-order valence-electron chi connectivity index (χ4n) is 1.90. The van der Waals surface area contributed by atoms with Gasteiger partial charge < -0.3 is 0 Å². The third-order valence-electron chi connectivity index (χ3n) is 3.65. The Kier molecular flexibility index (Phi) is 7.59. The molecule has 0 aromatic carbocycles. The molecule has 0 bridgehead atoms. The molecule has 0 aromatic heterocycles. The molecule has 0 N–H and O–H groups in total. The first kappa shape index (κ1) is 12.7. The molecule has 12 heavy (non-hydrogen) atoms. The number of allylic oxidation sites excluding steroid dienone is 2. The summed E-state index contributed by atoms with van der Waals surface area (Å²) in [7, 11) is 0. The fraction of sp³-hybridized carbons (Fsp3) is 0.600. The van der Waals surface area contributed by atoms with Crippen LogP contribution in [-0.4, -0.2) is 0 Å². The first-order valence-electron chi connectivity index (χ1n) is 5.50. The molecule has 0 nitrogen and oxygen atoms in total. The zero-order valence-corrected chi connectivity index (χ0v) is 15.0. The van der Waals surface area contributed by atoms with Crippen LogP contribution in [0.15, 0.2) is 23.4 Å². The predicted molar refractivity (Wildman–Crippen MR) is 50.8 cm³/mol. The first-order valence-corrected chi connectivity index (χ1v) is 28.0. The summed E-state index contributed by atoms with van der Waals surface area (Å²) in [6.07, 6.45) is 4.61. The van der Waals surface area contributed by atoms with E-state index < -0.39 is 26.9 Å². The third kappa shape index (κ3) is 4.68.